The molecule has 0 fully saturated rings. The van der Waals surface area contributed by atoms with E-state index >= 15 is 0 Å². The zero-order valence-corrected chi connectivity index (χ0v) is 11.1. The third-order valence-electron chi connectivity index (χ3n) is 3.20. The Balaban J connectivity index is 5.07. The molecule has 86 valence electrons. The first kappa shape index (κ1) is 13.9. The van der Waals surface area contributed by atoms with Crippen LogP contribution in [-0.4, -0.2) is 30.6 Å². The van der Waals surface area contributed by atoms with E-state index in [4.69, 9.17) is 0 Å². The third kappa shape index (κ3) is 2.48. The van der Waals surface area contributed by atoms with E-state index in [-0.39, 0.29) is 10.8 Å². The number of hydrogen-bond acceptors (Lipinski definition) is 2. The Morgan fingerprint density at radius 1 is 1.07 bits per heavy atom. The average Bonchev–Trinajstić information content (AvgIpc) is 2.02. The Labute approximate surface area is 88.5 Å². The molecular weight excluding hydrogens is 198 g/mol. The summed E-state index contributed by atoms with van der Waals surface area (Å²) in [5, 5.41) is -0.356. The van der Waals surface area contributed by atoms with Gasteiger partial charge in [0.2, 0.25) is 10.0 Å². The van der Waals surface area contributed by atoms with Crippen LogP contribution in [0.15, 0.2) is 0 Å². The maximum absolute atomic E-state index is 11.9. The Kier molecular flexibility index (Phi) is 4.16. The minimum atomic E-state index is -3.15. The molecule has 0 saturated carbocycles. The van der Waals surface area contributed by atoms with Crippen LogP contribution in [-0.2, 0) is 10.0 Å². The van der Waals surface area contributed by atoms with E-state index < -0.39 is 10.0 Å². The summed E-state index contributed by atoms with van der Waals surface area (Å²) < 4.78 is 25.3. The molecule has 0 aromatic carbocycles. The molecule has 0 atom stereocenters. The van der Waals surface area contributed by atoms with E-state index in [9.17, 15) is 8.42 Å². The number of hydrogen-bond donors (Lipinski definition) is 0. The first-order valence-corrected chi connectivity index (χ1v) is 6.52. The second-order valence-electron chi connectivity index (χ2n) is 4.87. The summed E-state index contributed by atoms with van der Waals surface area (Å²) in [6.45, 7) is 11.4. The van der Waals surface area contributed by atoms with Crippen LogP contribution in [0.3, 0.4) is 0 Å². The highest BCUT2D eigenvalue weighted by Crippen LogP contribution is 2.26. The summed E-state index contributed by atoms with van der Waals surface area (Å²) in [6, 6.07) is 0. The standard InChI is InChI=1S/C10H23NO2S/c1-8(2)10(5,6)11(7)14(12,13)9(3)4/h8-9H,1-7H3. The minimum Gasteiger partial charge on any atom is -0.212 e. The molecule has 0 aliphatic rings. The topological polar surface area (TPSA) is 37.4 Å². The van der Waals surface area contributed by atoms with Crippen LogP contribution in [0.5, 0.6) is 0 Å². The number of rotatable bonds is 4. The van der Waals surface area contributed by atoms with Crippen molar-refractivity contribution in [2.75, 3.05) is 7.05 Å². The first-order chi connectivity index (χ1) is 6.04. The minimum absolute atomic E-state index is 0.293. The van der Waals surface area contributed by atoms with Gasteiger partial charge in [0, 0.05) is 12.6 Å². The van der Waals surface area contributed by atoms with Gasteiger partial charge in [-0.25, -0.2) is 8.42 Å². The normalized spacial score (nSPS) is 14.4. The van der Waals surface area contributed by atoms with Crippen LogP contribution >= 0.6 is 0 Å². The molecule has 0 amide bonds. The number of nitrogens with zero attached hydrogens (tertiary/aromatic N) is 1. The highest BCUT2D eigenvalue weighted by atomic mass is 32.2. The van der Waals surface area contributed by atoms with Gasteiger partial charge in [0.25, 0.3) is 0 Å². The summed E-state index contributed by atoms with van der Waals surface area (Å²) in [5.74, 6) is 0.293. The van der Waals surface area contributed by atoms with E-state index in [0.29, 0.717) is 5.92 Å². The molecule has 4 heteroatoms. The second-order valence-corrected chi connectivity index (χ2v) is 7.39. The van der Waals surface area contributed by atoms with Crippen molar-refractivity contribution in [2.24, 2.45) is 5.92 Å². The lowest BCUT2D eigenvalue weighted by Gasteiger charge is -2.39. The maximum atomic E-state index is 11.9. The molecule has 0 N–H and O–H groups in total. The van der Waals surface area contributed by atoms with Crippen molar-refractivity contribution < 1.29 is 8.42 Å². The Morgan fingerprint density at radius 3 is 1.64 bits per heavy atom. The molecule has 0 bridgehead atoms. The van der Waals surface area contributed by atoms with Crippen LogP contribution in [0.25, 0.3) is 0 Å². The molecule has 0 aliphatic carbocycles. The van der Waals surface area contributed by atoms with Gasteiger partial charge in [0.15, 0.2) is 0 Å². The van der Waals surface area contributed by atoms with Crippen molar-refractivity contribution in [3.63, 3.8) is 0 Å². The van der Waals surface area contributed by atoms with E-state index in [1.54, 1.807) is 20.9 Å². The fourth-order valence-corrected chi connectivity index (χ4v) is 2.51. The Bertz CT molecular complexity index is 278. The van der Waals surface area contributed by atoms with Crippen LogP contribution in [0.1, 0.15) is 41.5 Å². The zero-order valence-electron chi connectivity index (χ0n) is 10.3. The predicted octanol–water partition coefficient (Wildman–Crippen LogP) is 2.09. The average molecular weight is 221 g/mol. The van der Waals surface area contributed by atoms with Crippen molar-refractivity contribution >= 4 is 10.0 Å². The van der Waals surface area contributed by atoms with Crippen molar-refractivity contribution in [2.45, 2.75) is 52.3 Å². The van der Waals surface area contributed by atoms with Gasteiger partial charge in [-0.3, -0.25) is 0 Å². The summed E-state index contributed by atoms with van der Waals surface area (Å²) in [4.78, 5) is 0. The van der Waals surface area contributed by atoms with Gasteiger partial charge < -0.3 is 0 Å². The fourth-order valence-electron chi connectivity index (χ4n) is 1.01. The lowest BCUT2D eigenvalue weighted by atomic mass is 9.91. The van der Waals surface area contributed by atoms with E-state index in [1.165, 1.54) is 4.31 Å². The van der Waals surface area contributed by atoms with E-state index in [0.717, 1.165) is 0 Å². The highest BCUT2D eigenvalue weighted by Gasteiger charge is 2.36. The highest BCUT2D eigenvalue weighted by molar-refractivity contribution is 7.89. The Hall–Kier alpha value is -0.0900. The zero-order chi connectivity index (χ0) is 11.7. The lowest BCUT2D eigenvalue weighted by Crippen LogP contribution is -2.50. The van der Waals surface area contributed by atoms with Crippen LogP contribution in [0.2, 0.25) is 0 Å². The molecular formula is C10H23NO2S. The molecule has 3 nitrogen and oxygen atoms in total. The lowest BCUT2D eigenvalue weighted by molar-refractivity contribution is 0.192. The van der Waals surface area contributed by atoms with Gasteiger partial charge in [0.1, 0.15) is 0 Å². The third-order valence-corrected chi connectivity index (χ3v) is 5.63. The van der Waals surface area contributed by atoms with E-state index in [1.807, 2.05) is 27.7 Å². The van der Waals surface area contributed by atoms with Crippen LogP contribution in [0, 0.1) is 5.92 Å². The van der Waals surface area contributed by atoms with Gasteiger partial charge in [0.05, 0.1) is 5.25 Å². The summed E-state index contributed by atoms with van der Waals surface area (Å²) in [6.07, 6.45) is 0. The van der Waals surface area contributed by atoms with Gasteiger partial charge in [-0.1, -0.05) is 13.8 Å². The molecule has 0 unspecified atom stereocenters. The maximum Gasteiger partial charge on any atom is 0.216 e. The van der Waals surface area contributed by atoms with Gasteiger partial charge in [-0.15, -0.1) is 0 Å². The Morgan fingerprint density at radius 2 is 1.43 bits per heavy atom. The summed E-state index contributed by atoms with van der Waals surface area (Å²) >= 11 is 0. The SMILES string of the molecule is CC(C)C(C)(C)N(C)S(=O)(=O)C(C)C. The molecule has 0 radical (unpaired) electrons. The van der Waals surface area contributed by atoms with E-state index in [2.05, 4.69) is 0 Å². The summed E-state index contributed by atoms with van der Waals surface area (Å²) in [5.41, 5.74) is -0.330. The van der Waals surface area contributed by atoms with Gasteiger partial charge in [-0.2, -0.15) is 4.31 Å². The summed E-state index contributed by atoms with van der Waals surface area (Å²) in [7, 11) is -1.48. The molecule has 0 aliphatic heterocycles. The molecule has 14 heavy (non-hydrogen) atoms. The van der Waals surface area contributed by atoms with Crippen molar-refractivity contribution in [3.8, 4) is 0 Å². The van der Waals surface area contributed by atoms with Crippen molar-refractivity contribution in [3.05, 3.63) is 0 Å². The number of sulfonamides is 1. The van der Waals surface area contributed by atoms with Gasteiger partial charge in [-0.05, 0) is 33.6 Å². The van der Waals surface area contributed by atoms with Crippen LogP contribution in [0.4, 0.5) is 0 Å². The fraction of sp³-hybridized carbons (Fsp3) is 1.00. The second kappa shape index (κ2) is 4.19. The molecule has 0 aromatic heterocycles. The van der Waals surface area contributed by atoms with Crippen LogP contribution < -0.4 is 0 Å². The largest absolute Gasteiger partial charge is 0.216 e. The first-order valence-electron chi connectivity index (χ1n) is 5.02. The molecule has 0 saturated heterocycles. The quantitative estimate of drug-likeness (QED) is 0.729. The molecule has 0 aromatic rings. The molecule has 0 rings (SSSR count). The smallest absolute Gasteiger partial charge is 0.212 e. The van der Waals surface area contributed by atoms with Crippen molar-refractivity contribution in [1.29, 1.82) is 0 Å². The van der Waals surface area contributed by atoms with Gasteiger partial charge >= 0.3 is 0 Å². The molecule has 0 spiro atoms. The predicted molar refractivity (Wildman–Crippen MR) is 60.7 cm³/mol. The monoisotopic (exact) mass is 221 g/mol. The van der Waals surface area contributed by atoms with Crippen molar-refractivity contribution in [1.82, 2.24) is 4.31 Å². The molecule has 0 heterocycles.